The van der Waals surface area contributed by atoms with E-state index in [1.54, 1.807) is 12.1 Å². The van der Waals surface area contributed by atoms with Crippen molar-refractivity contribution in [3.05, 3.63) is 58.1 Å². The fraction of sp³-hybridized carbons (Fsp3) is 0.263. The molecule has 0 bridgehead atoms. The molecule has 2 rings (SSSR count). The van der Waals surface area contributed by atoms with Gasteiger partial charge in [0.25, 0.3) is 5.91 Å². The number of nitrogens with zero attached hydrogens (tertiary/aromatic N) is 1. The Hall–Kier alpha value is -2.09. The summed E-state index contributed by atoms with van der Waals surface area (Å²) in [6.07, 6.45) is 1.70. The summed E-state index contributed by atoms with van der Waals surface area (Å²) in [5.41, 5.74) is 0.548. The van der Waals surface area contributed by atoms with E-state index in [1.165, 1.54) is 35.2 Å². The molecule has 0 saturated heterocycles. The maximum atomic E-state index is 12.8. The van der Waals surface area contributed by atoms with Crippen molar-refractivity contribution >= 4 is 50.5 Å². The number of carbonyl (C=O) groups excluding carboxylic acids is 2. The molecular formula is C19H20Cl2N2O4S. The third kappa shape index (κ3) is 5.95. The van der Waals surface area contributed by atoms with Crippen LogP contribution in [0.5, 0.6) is 0 Å². The van der Waals surface area contributed by atoms with Crippen LogP contribution in [0.1, 0.15) is 23.7 Å². The second-order valence-electron chi connectivity index (χ2n) is 6.20. The van der Waals surface area contributed by atoms with Crippen LogP contribution in [0, 0.1) is 0 Å². The van der Waals surface area contributed by atoms with E-state index < -0.39 is 21.7 Å². The van der Waals surface area contributed by atoms with Crippen LogP contribution in [0.4, 0.5) is 5.69 Å². The Kier molecular flexibility index (Phi) is 7.46. The number of anilines is 1. The molecule has 0 heterocycles. The number of carbonyl (C=O) groups is 2. The highest BCUT2D eigenvalue weighted by Gasteiger charge is 2.20. The standard InChI is InChI=1S/C19H20Cl2N2O4S/c1-3-9-23(12-18(24)22-17-11-14(20)7-8-16(17)21)19(25)13-5-4-6-15(10-13)28(2,26)27/h4-8,10-11H,3,9,12H2,1-2H3,(H,22,24). The van der Waals surface area contributed by atoms with Gasteiger partial charge < -0.3 is 10.2 Å². The average Bonchev–Trinajstić information content (AvgIpc) is 2.63. The third-order valence-electron chi connectivity index (χ3n) is 3.83. The number of hydrogen-bond acceptors (Lipinski definition) is 4. The van der Waals surface area contributed by atoms with Crippen molar-refractivity contribution < 1.29 is 18.0 Å². The zero-order valence-electron chi connectivity index (χ0n) is 15.4. The molecule has 28 heavy (non-hydrogen) atoms. The number of rotatable bonds is 7. The van der Waals surface area contributed by atoms with Gasteiger partial charge in [-0.1, -0.05) is 36.2 Å². The fourth-order valence-corrected chi connectivity index (χ4v) is 3.52. The molecule has 0 atom stereocenters. The molecule has 0 aliphatic rings. The molecule has 0 saturated carbocycles. The smallest absolute Gasteiger partial charge is 0.254 e. The average molecular weight is 443 g/mol. The first-order chi connectivity index (χ1) is 13.1. The van der Waals surface area contributed by atoms with Gasteiger partial charge in [0, 0.05) is 23.4 Å². The molecule has 2 aromatic carbocycles. The largest absolute Gasteiger partial charge is 0.329 e. The van der Waals surface area contributed by atoms with E-state index in [2.05, 4.69) is 5.32 Å². The molecule has 0 aromatic heterocycles. The Morgan fingerprint density at radius 1 is 1.11 bits per heavy atom. The molecule has 0 spiro atoms. The summed E-state index contributed by atoms with van der Waals surface area (Å²) in [7, 11) is -3.45. The molecule has 0 fully saturated rings. The van der Waals surface area contributed by atoms with E-state index in [4.69, 9.17) is 23.2 Å². The molecule has 2 aromatic rings. The van der Waals surface area contributed by atoms with Crippen LogP contribution >= 0.6 is 23.2 Å². The molecule has 9 heteroatoms. The molecule has 2 amide bonds. The number of halogens is 2. The minimum absolute atomic E-state index is 0.0463. The van der Waals surface area contributed by atoms with E-state index in [1.807, 2.05) is 6.92 Å². The molecular weight excluding hydrogens is 423 g/mol. The number of sulfone groups is 1. The normalized spacial score (nSPS) is 11.1. The highest BCUT2D eigenvalue weighted by molar-refractivity contribution is 7.90. The Balaban J connectivity index is 2.19. The van der Waals surface area contributed by atoms with Crippen molar-refractivity contribution in [2.75, 3.05) is 24.7 Å². The lowest BCUT2D eigenvalue weighted by atomic mass is 10.2. The van der Waals surface area contributed by atoms with Crippen LogP contribution < -0.4 is 5.32 Å². The lowest BCUT2D eigenvalue weighted by Gasteiger charge is -2.22. The van der Waals surface area contributed by atoms with Crippen LogP contribution in [0.2, 0.25) is 10.0 Å². The molecule has 0 aliphatic heterocycles. The van der Waals surface area contributed by atoms with Gasteiger partial charge in [0.05, 0.1) is 15.6 Å². The second kappa shape index (κ2) is 9.41. The van der Waals surface area contributed by atoms with Crippen molar-refractivity contribution in [2.45, 2.75) is 18.2 Å². The molecule has 0 radical (unpaired) electrons. The number of amides is 2. The first-order valence-electron chi connectivity index (χ1n) is 8.46. The predicted molar refractivity (Wildman–Crippen MR) is 111 cm³/mol. The van der Waals surface area contributed by atoms with Gasteiger partial charge in [0.2, 0.25) is 5.91 Å². The summed E-state index contributed by atoms with van der Waals surface area (Å²) in [5.74, 6) is -0.870. The van der Waals surface area contributed by atoms with Gasteiger partial charge in [-0.3, -0.25) is 9.59 Å². The Morgan fingerprint density at radius 2 is 1.82 bits per heavy atom. The first kappa shape index (κ1) is 22.2. The van der Waals surface area contributed by atoms with E-state index in [0.717, 1.165) is 6.26 Å². The van der Waals surface area contributed by atoms with E-state index in [9.17, 15) is 18.0 Å². The SMILES string of the molecule is CCCN(CC(=O)Nc1cc(Cl)ccc1Cl)C(=O)c1cccc(S(C)(=O)=O)c1. The van der Waals surface area contributed by atoms with Gasteiger partial charge >= 0.3 is 0 Å². The lowest BCUT2D eigenvalue weighted by molar-refractivity contribution is -0.116. The van der Waals surface area contributed by atoms with Crippen molar-refractivity contribution in [3.63, 3.8) is 0 Å². The van der Waals surface area contributed by atoms with Crippen LogP contribution in [-0.2, 0) is 14.6 Å². The van der Waals surface area contributed by atoms with Gasteiger partial charge in [-0.15, -0.1) is 0 Å². The quantitative estimate of drug-likeness (QED) is 0.704. The minimum Gasteiger partial charge on any atom is -0.329 e. The van der Waals surface area contributed by atoms with E-state index >= 15 is 0 Å². The Labute approximate surface area is 174 Å². The molecule has 150 valence electrons. The monoisotopic (exact) mass is 442 g/mol. The summed E-state index contributed by atoms with van der Waals surface area (Å²) in [6.45, 7) is 2.00. The van der Waals surface area contributed by atoms with Crippen LogP contribution in [-0.4, -0.2) is 44.5 Å². The zero-order valence-corrected chi connectivity index (χ0v) is 17.7. The number of benzene rings is 2. The Morgan fingerprint density at radius 3 is 2.46 bits per heavy atom. The minimum atomic E-state index is -3.45. The van der Waals surface area contributed by atoms with E-state index in [0.29, 0.717) is 28.7 Å². The van der Waals surface area contributed by atoms with Crippen LogP contribution in [0.15, 0.2) is 47.4 Å². The van der Waals surface area contributed by atoms with Gasteiger partial charge in [-0.25, -0.2) is 8.42 Å². The fourth-order valence-electron chi connectivity index (χ4n) is 2.52. The highest BCUT2D eigenvalue weighted by Crippen LogP contribution is 2.25. The second-order valence-corrected chi connectivity index (χ2v) is 9.06. The summed E-state index contributed by atoms with van der Waals surface area (Å²) in [5, 5.41) is 3.38. The summed E-state index contributed by atoms with van der Waals surface area (Å²) < 4.78 is 23.5. The summed E-state index contributed by atoms with van der Waals surface area (Å²) in [4.78, 5) is 26.7. The molecule has 0 unspecified atom stereocenters. The Bertz CT molecular complexity index is 993. The molecule has 0 aliphatic carbocycles. The van der Waals surface area contributed by atoms with Crippen molar-refractivity contribution in [1.82, 2.24) is 4.90 Å². The van der Waals surface area contributed by atoms with Gasteiger partial charge in [-0.05, 0) is 42.8 Å². The number of nitrogens with one attached hydrogen (secondary N) is 1. The van der Waals surface area contributed by atoms with Crippen molar-refractivity contribution in [3.8, 4) is 0 Å². The molecule has 1 N–H and O–H groups in total. The number of hydrogen-bond donors (Lipinski definition) is 1. The topological polar surface area (TPSA) is 83.6 Å². The van der Waals surface area contributed by atoms with Crippen LogP contribution in [0.25, 0.3) is 0 Å². The maximum Gasteiger partial charge on any atom is 0.254 e. The summed E-state index contributed by atoms with van der Waals surface area (Å²) >= 11 is 12.0. The zero-order chi connectivity index (χ0) is 20.9. The predicted octanol–water partition coefficient (Wildman–Crippen LogP) is 3.89. The lowest BCUT2D eigenvalue weighted by Crippen LogP contribution is -2.38. The van der Waals surface area contributed by atoms with Gasteiger partial charge in [-0.2, -0.15) is 0 Å². The van der Waals surface area contributed by atoms with Crippen molar-refractivity contribution in [1.29, 1.82) is 0 Å². The van der Waals surface area contributed by atoms with Gasteiger partial charge in [0.1, 0.15) is 6.54 Å². The van der Waals surface area contributed by atoms with Crippen LogP contribution in [0.3, 0.4) is 0 Å². The van der Waals surface area contributed by atoms with Crippen molar-refractivity contribution in [2.24, 2.45) is 0 Å². The third-order valence-corrected chi connectivity index (χ3v) is 5.50. The maximum absolute atomic E-state index is 12.8. The van der Waals surface area contributed by atoms with E-state index in [-0.39, 0.29) is 17.0 Å². The molecule has 6 nitrogen and oxygen atoms in total. The highest BCUT2D eigenvalue weighted by atomic mass is 35.5. The summed E-state index contributed by atoms with van der Waals surface area (Å²) in [6, 6.07) is 10.4. The first-order valence-corrected chi connectivity index (χ1v) is 11.1. The van der Waals surface area contributed by atoms with Gasteiger partial charge in [0.15, 0.2) is 9.84 Å².